The molecule has 0 aliphatic heterocycles. The van der Waals surface area contributed by atoms with Crippen molar-refractivity contribution in [1.82, 2.24) is 4.98 Å². The monoisotopic (exact) mass is 316 g/mol. The minimum absolute atomic E-state index is 0.0403. The first kappa shape index (κ1) is 15.7. The Morgan fingerprint density at radius 3 is 2.77 bits per heavy atom. The Hall–Kier alpha value is -2.67. The highest BCUT2D eigenvalue weighted by Crippen LogP contribution is 2.28. The van der Waals surface area contributed by atoms with Crippen LogP contribution < -0.4 is 16.4 Å². The maximum Gasteiger partial charge on any atom is 0.270 e. The smallest absolute Gasteiger partial charge is 0.270 e. The second kappa shape index (κ2) is 6.86. The summed E-state index contributed by atoms with van der Waals surface area (Å²) in [5.74, 6) is -0.998. The Morgan fingerprint density at radius 1 is 1.41 bits per heavy atom. The molecule has 7 heteroatoms. The minimum Gasteiger partial charge on any atom is -0.364 e. The third-order valence-corrected chi connectivity index (χ3v) is 3.80. The van der Waals surface area contributed by atoms with Gasteiger partial charge >= 0.3 is 0 Å². The lowest BCUT2D eigenvalue weighted by molar-refractivity contribution is 0.0997. The predicted octanol–water partition coefficient (Wildman–Crippen LogP) is 2.40. The lowest BCUT2D eigenvalue weighted by Crippen LogP contribution is -2.18. The van der Waals surface area contributed by atoms with E-state index >= 15 is 0 Å². The zero-order valence-electron chi connectivity index (χ0n) is 12.1. The number of anilines is 2. The fraction of sp³-hybridized carbons (Fsp3) is 0.133. The number of carbonyl (C=O) groups is 2. The summed E-state index contributed by atoms with van der Waals surface area (Å²) in [4.78, 5) is 27.9. The van der Waals surface area contributed by atoms with Gasteiger partial charge in [0.15, 0.2) is 10.8 Å². The number of hydrogen-bond donors (Lipinski definition) is 3. The van der Waals surface area contributed by atoms with Gasteiger partial charge in [-0.3, -0.25) is 9.59 Å². The number of amides is 2. The molecule has 2 amide bonds. The van der Waals surface area contributed by atoms with Crippen LogP contribution in [0.3, 0.4) is 0 Å². The molecular weight excluding hydrogens is 300 g/mol. The van der Waals surface area contributed by atoms with Crippen molar-refractivity contribution in [2.75, 3.05) is 17.2 Å². The number of nitrogens with two attached hydrogens (primary N) is 1. The molecule has 2 rings (SSSR count). The second-order valence-corrected chi connectivity index (χ2v) is 5.50. The van der Waals surface area contributed by atoms with Crippen molar-refractivity contribution in [3.63, 3.8) is 0 Å². The van der Waals surface area contributed by atoms with E-state index in [1.165, 1.54) is 0 Å². The Morgan fingerprint density at radius 2 is 2.14 bits per heavy atom. The molecule has 0 bridgehead atoms. The molecule has 2 aromatic rings. The molecule has 0 saturated carbocycles. The fourth-order valence-electron chi connectivity index (χ4n) is 1.81. The van der Waals surface area contributed by atoms with Crippen LogP contribution in [0.4, 0.5) is 10.1 Å². The van der Waals surface area contributed by atoms with E-state index < -0.39 is 5.91 Å². The summed E-state index contributed by atoms with van der Waals surface area (Å²) in [5, 5.41) is 6.48. The summed E-state index contributed by atoms with van der Waals surface area (Å²) >= 11 is 1.15. The summed E-state index contributed by atoms with van der Waals surface area (Å²) in [6, 6.07) is 7.19. The highest BCUT2D eigenvalue weighted by atomic mass is 32.1. The maximum absolute atomic E-state index is 12.3. The molecule has 114 valence electrons. The Bertz CT molecular complexity index is 724. The van der Waals surface area contributed by atoms with Gasteiger partial charge in [-0.1, -0.05) is 35.6 Å². The average molecular weight is 316 g/mol. The van der Waals surface area contributed by atoms with Crippen molar-refractivity contribution in [3.8, 4) is 0 Å². The third-order valence-electron chi connectivity index (χ3n) is 2.87. The molecule has 0 aliphatic rings. The van der Waals surface area contributed by atoms with E-state index in [9.17, 15) is 9.59 Å². The number of carbonyl (C=O) groups excluding carboxylic acids is 2. The van der Waals surface area contributed by atoms with E-state index in [0.29, 0.717) is 22.2 Å². The van der Waals surface area contributed by atoms with Crippen LogP contribution in [0, 0.1) is 6.92 Å². The molecule has 4 N–H and O–H groups in total. The first-order chi connectivity index (χ1) is 10.5. The Labute approximate surface area is 132 Å². The summed E-state index contributed by atoms with van der Waals surface area (Å²) in [7, 11) is 0. The number of nitrogens with one attached hydrogen (secondary N) is 2. The van der Waals surface area contributed by atoms with Crippen molar-refractivity contribution in [3.05, 3.63) is 53.7 Å². The highest BCUT2D eigenvalue weighted by molar-refractivity contribution is 7.20. The van der Waals surface area contributed by atoms with Crippen LogP contribution >= 0.6 is 11.3 Å². The number of nitrogens with zero attached hydrogens (tertiary/aromatic N) is 1. The van der Waals surface area contributed by atoms with Gasteiger partial charge in [-0.25, -0.2) is 4.98 Å². The SMILES string of the molecule is C=CCNc1nc(C(N)=O)c(NC(=O)c2ccccc2C)s1. The van der Waals surface area contributed by atoms with Crippen LogP contribution in [0.25, 0.3) is 0 Å². The first-order valence-electron chi connectivity index (χ1n) is 6.55. The van der Waals surface area contributed by atoms with Crippen LogP contribution in [-0.2, 0) is 0 Å². The lowest BCUT2D eigenvalue weighted by Gasteiger charge is -2.06. The van der Waals surface area contributed by atoms with Crippen LogP contribution in [0.2, 0.25) is 0 Å². The van der Waals surface area contributed by atoms with Crippen molar-refractivity contribution >= 4 is 33.3 Å². The fourth-order valence-corrected chi connectivity index (χ4v) is 2.68. The molecule has 1 aromatic carbocycles. The molecule has 0 unspecified atom stereocenters. The zero-order valence-corrected chi connectivity index (χ0v) is 12.9. The lowest BCUT2D eigenvalue weighted by atomic mass is 10.1. The number of thiazole rings is 1. The van der Waals surface area contributed by atoms with Crippen molar-refractivity contribution in [1.29, 1.82) is 0 Å². The van der Waals surface area contributed by atoms with Gasteiger partial charge in [0.1, 0.15) is 5.00 Å². The minimum atomic E-state index is -0.692. The van der Waals surface area contributed by atoms with E-state index in [1.807, 2.05) is 19.1 Å². The molecule has 22 heavy (non-hydrogen) atoms. The van der Waals surface area contributed by atoms with E-state index in [0.717, 1.165) is 16.9 Å². The largest absolute Gasteiger partial charge is 0.364 e. The third kappa shape index (κ3) is 3.50. The summed E-state index contributed by atoms with van der Waals surface area (Å²) < 4.78 is 0. The van der Waals surface area contributed by atoms with Gasteiger partial charge in [-0.15, -0.1) is 6.58 Å². The van der Waals surface area contributed by atoms with E-state index in [1.54, 1.807) is 18.2 Å². The van der Waals surface area contributed by atoms with Crippen LogP contribution in [0.5, 0.6) is 0 Å². The normalized spacial score (nSPS) is 10.0. The van der Waals surface area contributed by atoms with Crippen LogP contribution in [0.1, 0.15) is 26.4 Å². The molecule has 1 heterocycles. The Kier molecular flexibility index (Phi) is 4.90. The predicted molar refractivity (Wildman–Crippen MR) is 88.5 cm³/mol. The van der Waals surface area contributed by atoms with Gasteiger partial charge in [0, 0.05) is 12.1 Å². The number of hydrogen-bond acceptors (Lipinski definition) is 5. The molecule has 0 spiro atoms. The summed E-state index contributed by atoms with van der Waals surface area (Å²) in [5.41, 5.74) is 6.72. The first-order valence-corrected chi connectivity index (χ1v) is 7.37. The number of aromatic nitrogens is 1. The zero-order chi connectivity index (χ0) is 16.1. The van der Waals surface area contributed by atoms with Crippen molar-refractivity contribution in [2.24, 2.45) is 5.73 Å². The van der Waals surface area contributed by atoms with E-state index in [4.69, 9.17) is 5.73 Å². The standard InChI is InChI=1S/C15H16N4O2S/c1-3-8-17-15-18-11(12(16)20)14(22-15)19-13(21)10-7-5-4-6-9(10)2/h3-7H,1,8H2,2H3,(H2,16,20)(H,17,18)(H,19,21). The van der Waals surface area contributed by atoms with E-state index in [2.05, 4.69) is 22.2 Å². The summed E-state index contributed by atoms with van der Waals surface area (Å²) in [6.07, 6.45) is 1.66. The molecule has 0 fully saturated rings. The molecule has 0 saturated heterocycles. The van der Waals surface area contributed by atoms with Gasteiger partial charge in [-0.2, -0.15) is 0 Å². The number of rotatable bonds is 6. The second-order valence-electron chi connectivity index (χ2n) is 4.50. The molecule has 0 radical (unpaired) electrons. The van der Waals surface area contributed by atoms with Gasteiger partial charge in [0.25, 0.3) is 11.8 Å². The molecular formula is C15H16N4O2S. The maximum atomic E-state index is 12.3. The topological polar surface area (TPSA) is 97.1 Å². The molecule has 6 nitrogen and oxygen atoms in total. The molecule has 0 atom stereocenters. The van der Waals surface area contributed by atoms with Crippen molar-refractivity contribution in [2.45, 2.75) is 6.92 Å². The van der Waals surface area contributed by atoms with Gasteiger partial charge in [0.05, 0.1) is 0 Å². The molecule has 1 aromatic heterocycles. The molecule has 0 aliphatic carbocycles. The van der Waals surface area contributed by atoms with Crippen molar-refractivity contribution < 1.29 is 9.59 Å². The van der Waals surface area contributed by atoms with Gasteiger partial charge in [-0.05, 0) is 18.6 Å². The number of primary amides is 1. The van der Waals surface area contributed by atoms with Gasteiger partial charge < -0.3 is 16.4 Å². The average Bonchev–Trinajstić information content (AvgIpc) is 2.88. The Balaban J connectivity index is 2.26. The highest BCUT2D eigenvalue weighted by Gasteiger charge is 2.19. The number of aryl methyl sites for hydroxylation is 1. The summed E-state index contributed by atoms with van der Waals surface area (Å²) in [6.45, 7) is 5.93. The van der Waals surface area contributed by atoms with Crippen LogP contribution in [-0.4, -0.2) is 23.3 Å². The number of benzene rings is 1. The van der Waals surface area contributed by atoms with Gasteiger partial charge in [0.2, 0.25) is 0 Å². The quantitative estimate of drug-likeness (QED) is 0.713. The van der Waals surface area contributed by atoms with E-state index in [-0.39, 0.29) is 11.6 Å². The van der Waals surface area contributed by atoms with Crippen LogP contribution in [0.15, 0.2) is 36.9 Å².